The van der Waals surface area contributed by atoms with E-state index in [1.165, 1.54) is 12.0 Å². The van der Waals surface area contributed by atoms with Gasteiger partial charge in [-0.1, -0.05) is 17.7 Å². The number of nitrogens with zero attached hydrogens (tertiary/aromatic N) is 2. The van der Waals surface area contributed by atoms with E-state index in [1.54, 1.807) is 30.6 Å². The maximum absolute atomic E-state index is 12.9. The highest BCUT2D eigenvalue weighted by Gasteiger charge is 2.33. The van der Waals surface area contributed by atoms with Gasteiger partial charge in [0.05, 0.1) is 47.0 Å². The first-order valence-electron chi connectivity index (χ1n) is 11.2. The number of amides is 2. The minimum Gasteiger partial charge on any atom is -0.493 e. The Morgan fingerprint density at radius 1 is 1.37 bits per heavy atom. The van der Waals surface area contributed by atoms with Crippen molar-refractivity contribution in [2.45, 2.75) is 18.9 Å². The summed E-state index contributed by atoms with van der Waals surface area (Å²) in [5.74, 6) is 0.737. The van der Waals surface area contributed by atoms with E-state index in [0.29, 0.717) is 64.2 Å². The van der Waals surface area contributed by atoms with Gasteiger partial charge in [-0.05, 0) is 24.6 Å². The molecule has 1 aromatic carbocycles. The molecular weight excluding hydrogens is 474 g/mol. The Labute approximate surface area is 206 Å². The molecule has 0 aliphatic carbocycles. The second-order valence-electron chi connectivity index (χ2n) is 8.28. The lowest BCUT2D eigenvalue weighted by Gasteiger charge is -2.38. The van der Waals surface area contributed by atoms with Crippen molar-refractivity contribution in [3.05, 3.63) is 52.9 Å². The van der Waals surface area contributed by atoms with Crippen LogP contribution < -0.4 is 20.1 Å². The van der Waals surface area contributed by atoms with E-state index in [2.05, 4.69) is 20.6 Å². The number of nitrogens with one attached hydrogen (secondary N) is 3. The van der Waals surface area contributed by atoms with Crippen LogP contribution in [0.3, 0.4) is 0 Å². The Balaban J connectivity index is 1.54. The van der Waals surface area contributed by atoms with Crippen molar-refractivity contribution >= 4 is 35.0 Å². The largest absolute Gasteiger partial charge is 0.493 e. The summed E-state index contributed by atoms with van der Waals surface area (Å²) in [6.45, 7) is 1.23. The molecule has 3 aromatic rings. The zero-order valence-electron chi connectivity index (χ0n) is 18.9. The van der Waals surface area contributed by atoms with Crippen LogP contribution in [0.2, 0.25) is 5.02 Å². The second kappa shape index (κ2) is 9.38. The minimum absolute atomic E-state index is 0.194. The van der Waals surface area contributed by atoms with Crippen LogP contribution in [0.15, 0.2) is 36.7 Å². The monoisotopic (exact) mass is 497 g/mol. The number of aromatic nitrogens is 2. The van der Waals surface area contributed by atoms with E-state index in [9.17, 15) is 14.7 Å². The number of hydrogen-bond acceptors (Lipinski definition) is 6. The predicted octanol–water partition coefficient (Wildman–Crippen LogP) is 3.90. The molecule has 1 saturated heterocycles. The Kier molecular flexibility index (Phi) is 6.12. The van der Waals surface area contributed by atoms with Crippen LogP contribution in [0.5, 0.6) is 11.5 Å². The lowest BCUT2D eigenvalue weighted by Crippen LogP contribution is -2.53. The van der Waals surface area contributed by atoms with Gasteiger partial charge < -0.3 is 35.1 Å². The molecule has 2 amide bonds. The highest BCUT2D eigenvalue weighted by Crippen LogP contribution is 2.43. The highest BCUT2D eigenvalue weighted by atomic mass is 35.5. The molecule has 1 fully saturated rings. The van der Waals surface area contributed by atoms with Gasteiger partial charge in [0.2, 0.25) is 0 Å². The highest BCUT2D eigenvalue weighted by molar-refractivity contribution is 6.32. The summed E-state index contributed by atoms with van der Waals surface area (Å²) in [6.07, 6.45) is 3.64. The van der Waals surface area contributed by atoms with E-state index in [1.807, 2.05) is 6.07 Å². The van der Waals surface area contributed by atoms with Crippen LogP contribution in [-0.2, 0) is 6.42 Å². The zero-order chi connectivity index (χ0) is 24.5. The van der Waals surface area contributed by atoms with E-state index >= 15 is 0 Å². The number of methoxy groups -OCH3 is 1. The second-order valence-corrected chi connectivity index (χ2v) is 8.69. The van der Waals surface area contributed by atoms with Crippen LogP contribution in [0.4, 0.5) is 16.2 Å². The van der Waals surface area contributed by atoms with E-state index < -0.39 is 6.09 Å². The van der Waals surface area contributed by atoms with Gasteiger partial charge in [-0.15, -0.1) is 0 Å². The van der Waals surface area contributed by atoms with Crippen LogP contribution in [-0.4, -0.2) is 64.8 Å². The number of rotatable bonds is 7. The van der Waals surface area contributed by atoms with Crippen molar-refractivity contribution < 1.29 is 24.2 Å². The number of ether oxygens (including phenoxy) is 2. The summed E-state index contributed by atoms with van der Waals surface area (Å²) >= 11 is 6.32. The number of H-pyrrole nitrogens is 1. The fourth-order valence-electron chi connectivity index (χ4n) is 4.41. The molecule has 0 unspecified atom stereocenters. The van der Waals surface area contributed by atoms with E-state index in [-0.39, 0.29) is 18.6 Å². The molecule has 1 atom stereocenters. The third kappa shape index (κ3) is 4.21. The summed E-state index contributed by atoms with van der Waals surface area (Å²) in [6, 6.07) is 6.91. The molecule has 10 nitrogen and oxygen atoms in total. The molecular formula is C24H24ClN5O5. The number of carbonyl (C=O) groups excluding carboxylic acids is 1. The Morgan fingerprint density at radius 2 is 2.23 bits per heavy atom. The summed E-state index contributed by atoms with van der Waals surface area (Å²) in [5, 5.41) is 15.9. The SMILES string of the molecule is COc1c(Cl)cccc1Nc1c(-c2ccncc2OC[C@H]2CCN2C(=O)O)[nH]c2c1C(=O)NCC2. The lowest BCUT2D eigenvalue weighted by atomic mass is 10.0. The Hall–Kier alpha value is -3.92. The van der Waals surface area contributed by atoms with E-state index in [4.69, 9.17) is 21.1 Å². The number of likely N-dealkylation sites (tertiary alicyclic amines) is 1. The van der Waals surface area contributed by atoms with Gasteiger partial charge in [-0.3, -0.25) is 9.78 Å². The van der Waals surface area contributed by atoms with Crippen molar-refractivity contribution in [3.63, 3.8) is 0 Å². The topological polar surface area (TPSA) is 129 Å². The number of hydrogen-bond donors (Lipinski definition) is 4. The van der Waals surface area contributed by atoms with Gasteiger partial charge in [0.15, 0.2) is 5.75 Å². The van der Waals surface area contributed by atoms with Crippen LogP contribution in [0.25, 0.3) is 11.3 Å². The number of pyridine rings is 1. The Morgan fingerprint density at radius 3 is 2.97 bits per heavy atom. The fraction of sp³-hybridized carbons (Fsp3) is 0.292. The average molecular weight is 498 g/mol. The van der Waals surface area contributed by atoms with Gasteiger partial charge in [0, 0.05) is 37.0 Å². The quantitative estimate of drug-likeness (QED) is 0.389. The number of para-hydroxylation sites is 1. The number of halogens is 1. The predicted molar refractivity (Wildman–Crippen MR) is 130 cm³/mol. The molecule has 0 spiro atoms. The van der Waals surface area contributed by atoms with Crippen molar-refractivity contribution in [2.75, 3.05) is 32.1 Å². The normalized spacial score (nSPS) is 16.7. The third-order valence-electron chi connectivity index (χ3n) is 6.27. The molecule has 35 heavy (non-hydrogen) atoms. The average Bonchev–Trinajstić information content (AvgIpc) is 3.18. The molecule has 0 bridgehead atoms. The molecule has 2 aliphatic heterocycles. The van der Waals surface area contributed by atoms with Gasteiger partial charge in [0.25, 0.3) is 5.91 Å². The maximum atomic E-state index is 12.9. The number of benzene rings is 1. The minimum atomic E-state index is -0.957. The molecule has 0 radical (unpaired) electrons. The summed E-state index contributed by atoms with van der Waals surface area (Å²) in [5.41, 5.74) is 3.80. The maximum Gasteiger partial charge on any atom is 0.407 e. The summed E-state index contributed by atoms with van der Waals surface area (Å²) in [7, 11) is 1.53. The smallest absolute Gasteiger partial charge is 0.407 e. The van der Waals surface area contributed by atoms with Crippen LogP contribution in [0, 0.1) is 0 Å². The third-order valence-corrected chi connectivity index (χ3v) is 6.57. The van der Waals surface area contributed by atoms with E-state index in [0.717, 1.165) is 12.1 Å². The van der Waals surface area contributed by atoms with Crippen LogP contribution in [0.1, 0.15) is 22.5 Å². The first kappa shape index (κ1) is 22.9. The number of carboxylic acid groups (broad SMARTS) is 1. The molecule has 2 aliphatic rings. The molecule has 2 aromatic heterocycles. The van der Waals surface area contributed by atoms with Crippen molar-refractivity contribution in [3.8, 4) is 22.8 Å². The summed E-state index contributed by atoms with van der Waals surface area (Å²) < 4.78 is 11.5. The fourth-order valence-corrected chi connectivity index (χ4v) is 4.66. The number of anilines is 2. The molecule has 4 N–H and O–H groups in total. The molecule has 0 saturated carbocycles. The van der Waals surface area contributed by atoms with Crippen molar-refractivity contribution in [2.24, 2.45) is 0 Å². The first-order chi connectivity index (χ1) is 17.0. The number of aromatic amines is 1. The standard InChI is InChI=1S/C24H24ClN5O5/c1-34-22-15(25)3-2-4-17(22)29-21-19-16(6-9-27-23(19)31)28-20(21)14-5-8-26-11-18(14)35-12-13-7-10-30(13)24(32)33/h2-5,8,11,13,28-29H,6-7,9-10,12H2,1H3,(H,27,31)(H,32,33)/t13-/m1/s1. The van der Waals surface area contributed by atoms with Gasteiger partial charge in [-0.2, -0.15) is 0 Å². The van der Waals surface area contributed by atoms with Gasteiger partial charge in [0.1, 0.15) is 12.4 Å². The number of fused-ring (bicyclic) bond motifs is 1. The van der Waals surface area contributed by atoms with Gasteiger partial charge in [-0.25, -0.2) is 4.79 Å². The lowest BCUT2D eigenvalue weighted by molar-refractivity contribution is 0.0500. The van der Waals surface area contributed by atoms with Gasteiger partial charge >= 0.3 is 6.09 Å². The molecule has 4 heterocycles. The molecule has 11 heteroatoms. The molecule has 182 valence electrons. The zero-order valence-corrected chi connectivity index (χ0v) is 19.7. The number of carbonyl (C=O) groups is 2. The summed E-state index contributed by atoms with van der Waals surface area (Å²) in [4.78, 5) is 33.1. The molecule has 5 rings (SSSR count). The van der Waals surface area contributed by atoms with Crippen molar-refractivity contribution in [1.82, 2.24) is 20.2 Å². The van der Waals surface area contributed by atoms with Crippen LogP contribution >= 0.6 is 11.6 Å². The first-order valence-corrected chi connectivity index (χ1v) is 11.5. The van der Waals surface area contributed by atoms with Crippen molar-refractivity contribution in [1.29, 1.82) is 0 Å². The Bertz CT molecular complexity index is 1290.